The molecule has 0 unspecified atom stereocenters. The number of hydrogen-bond donors (Lipinski definition) is 2. The van der Waals surface area contributed by atoms with Crippen LogP contribution in [0.1, 0.15) is 23.5 Å². The second-order valence-electron chi connectivity index (χ2n) is 7.82. The average Bonchev–Trinajstić information content (AvgIpc) is 3.34. The first kappa shape index (κ1) is 28.1. The van der Waals surface area contributed by atoms with E-state index in [2.05, 4.69) is 15.8 Å². The minimum absolute atomic E-state index is 0.0517. The molecule has 0 radical (unpaired) electrons. The van der Waals surface area contributed by atoms with Crippen molar-refractivity contribution in [1.29, 1.82) is 0 Å². The Morgan fingerprint density at radius 1 is 1.03 bits per heavy atom. The minimum Gasteiger partial charge on any atom is -0.459 e. The number of ether oxygens (including phenoxy) is 1. The fraction of sp³-hybridized carbons (Fsp3) is 0.240. The van der Waals surface area contributed by atoms with Crippen LogP contribution < -0.4 is 10.7 Å². The molecule has 2 amide bonds. The highest BCUT2D eigenvalue weighted by molar-refractivity contribution is 7.89. The molecular weight excluding hydrogens is 520 g/mol. The van der Waals surface area contributed by atoms with Crippen LogP contribution in [-0.4, -0.2) is 51.0 Å². The van der Waals surface area contributed by atoms with Crippen LogP contribution in [0, 0.1) is 0 Å². The van der Waals surface area contributed by atoms with Gasteiger partial charge in [-0.1, -0.05) is 41.9 Å². The molecule has 0 aliphatic heterocycles. The highest BCUT2D eigenvalue weighted by Gasteiger charge is 2.26. The lowest BCUT2D eigenvalue weighted by Gasteiger charge is -2.21. The van der Waals surface area contributed by atoms with Crippen molar-refractivity contribution < 1.29 is 27.2 Å². The van der Waals surface area contributed by atoms with Gasteiger partial charge >= 0.3 is 11.8 Å². The van der Waals surface area contributed by atoms with Crippen molar-refractivity contribution >= 4 is 39.7 Å². The maximum absolute atomic E-state index is 13.4. The zero-order chi connectivity index (χ0) is 26.7. The van der Waals surface area contributed by atoms with E-state index in [0.717, 1.165) is 5.56 Å². The standard InChI is InChI=1S/C25H27ClN4O6S/c1-35-15-5-14-27-24(31)25(32)29-28-16-21-10-11-22(36-21)18-30(17-19-6-3-2-4-7-19)37(33,34)23-12-8-20(26)9-13-23/h2-4,6-13,16H,5,14-15,17-18H2,1H3,(H,27,31)(H,29,32)/b28-16+. The van der Waals surface area contributed by atoms with E-state index in [1.54, 1.807) is 19.2 Å². The molecule has 0 saturated carbocycles. The van der Waals surface area contributed by atoms with E-state index in [0.29, 0.717) is 30.4 Å². The van der Waals surface area contributed by atoms with Crippen molar-refractivity contribution in [3.05, 3.63) is 88.8 Å². The molecule has 0 aliphatic rings. The van der Waals surface area contributed by atoms with Gasteiger partial charge in [0.05, 0.1) is 17.7 Å². The zero-order valence-corrected chi connectivity index (χ0v) is 21.7. The third-order valence-corrected chi connectivity index (χ3v) is 7.10. The van der Waals surface area contributed by atoms with Gasteiger partial charge in [0.15, 0.2) is 0 Å². The Labute approximate surface area is 220 Å². The molecular formula is C25H27ClN4O6S. The van der Waals surface area contributed by atoms with Crippen molar-refractivity contribution in [3.8, 4) is 0 Å². The number of methoxy groups -OCH3 is 1. The molecule has 0 atom stereocenters. The fourth-order valence-corrected chi connectivity index (χ4v) is 4.72. The van der Waals surface area contributed by atoms with Gasteiger partial charge in [0, 0.05) is 31.8 Å². The van der Waals surface area contributed by atoms with Crippen LogP contribution >= 0.6 is 11.6 Å². The molecule has 0 fully saturated rings. The average molecular weight is 547 g/mol. The van der Waals surface area contributed by atoms with Gasteiger partial charge in [0.2, 0.25) is 10.0 Å². The van der Waals surface area contributed by atoms with Crippen LogP contribution in [0.2, 0.25) is 5.02 Å². The molecule has 0 bridgehead atoms. The summed E-state index contributed by atoms with van der Waals surface area (Å²) in [4.78, 5) is 23.6. The Balaban J connectivity index is 1.67. The number of hydrogen-bond acceptors (Lipinski definition) is 7. The van der Waals surface area contributed by atoms with E-state index in [1.807, 2.05) is 30.3 Å². The van der Waals surface area contributed by atoms with E-state index >= 15 is 0 Å². The largest absolute Gasteiger partial charge is 0.459 e. The second-order valence-corrected chi connectivity index (χ2v) is 10.2. The Morgan fingerprint density at radius 2 is 1.76 bits per heavy atom. The van der Waals surface area contributed by atoms with Gasteiger partial charge in [-0.25, -0.2) is 13.8 Å². The van der Waals surface area contributed by atoms with Crippen LogP contribution in [0.3, 0.4) is 0 Å². The smallest absolute Gasteiger partial charge is 0.329 e. The summed E-state index contributed by atoms with van der Waals surface area (Å²) in [5.74, 6) is -1.13. The van der Waals surface area contributed by atoms with Gasteiger partial charge in [-0.05, 0) is 48.4 Å². The highest BCUT2D eigenvalue weighted by atomic mass is 35.5. The molecule has 196 valence electrons. The molecule has 2 N–H and O–H groups in total. The van der Waals surface area contributed by atoms with Gasteiger partial charge in [-0.3, -0.25) is 9.59 Å². The number of hydrazone groups is 1. The number of carbonyl (C=O) groups is 2. The molecule has 0 aliphatic carbocycles. The summed E-state index contributed by atoms with van der Waals surface area (Å²) >= 11 is 5.93. The molecule has 0 spiro atoms. The molecule has 1 heterocycles. The molecule has 12 heteroatoms. The first-order chi connectivity index (χ1) is 17.8. The quantitative estimate of drug-likeness (QED) is 0.155. The normalized spacial score (nSPS) is 11.6. The first-order valence-corrected chi connectivity index (χ1v) is 13.1. The number of carbonyl (C=O) groups excluding carboxylic acids is 2. The highest BCUT2D eigenvalue weighted by Crippen LogP contribution is 2.23. The monoisotopic (exact) mass is 546 g/mol. The lowest BCUT2D eigenvalue weighted by molar-refractivity contribution is -0.139. The minimum atomic E-state index is -3.88. The van der Waals surface area contributed by atoms with Gasteiger partial charge in [0.25, 0.3) is 0 Å². The Hall–Kier alpha value is -3.51. The number of halogens is 1. The van der Waals surface area contributed by atoms with Crippen molar-refractivity contribution in [2.24, 2.45) is 5.10 Å². The third-order valence-electron chi connectivity index (χ3n) is 5.04. The SMILES string of the molecule is COCCCNC(=O)C(=O)N/N=C/c1ccc(CN(Cc2ccccc2)S(=O)(=O)c2ccc(Cl)cc2)o1. The Bertz CT molecular complexity index is 1310. The molecule has 3 aromatic rings. The summed E-state index contributed by atoms with van der Waals surface area (Å²) in [6, 6.07) is 18.3. The van der Waals surface area contributed by atoms with E-state index in [-0.39, 0.29) is 23.7 Å². The van der Waals surface area contributed by atoms with Crippen LogP contribution in [-0.2, 0) is 37.4 Å². The van der Waals surface area contributed by atoms with Gasteiger partial charge in [0.1, 0.15) is 11.5 Å². The molecule has 10 nitrogen and oxygen atoms in total. The number of furan rings is 1. The molecule has 0 saturated heterocycles. The summed E-state index contributed by atoms with van der Waals surface area (Å²) in [6.45, 7) is 0.823. The number of rotatable bonds is 12. The number of sulfonamides is 1. The summed E-state index contributed by atoms with van der Waals surface area (Å²) in [5, 5.41) is 6.60. The summed E-state index contributed by atoms with van der Waals surface area (Å²) in [7, 11) is -2.34. The zero-order valence-electron chi connectivity index (χ0n) is 20.1. The van der Waals surface area contributed by atoms with E-state index in [1.165, 1.54) is 34.8 Å². The van der Waals surface area contributed by atoms with Crippen LogP contribution in [0.5, 0.6) is 0 Å². The molecule has 3 rings (SSSR count). The molecule has 1 aromatic heterocycles. The van der Waals surface area contributed by atoms with Crippen LogP contribution in [0.25, 0.3) is 0 Å². The summed E-state index contributed by atoms with van der Waals surface area (Å²) in [5.41, 5.74) is 2.92. The third kappa shape index (κ3) is 8.53. The van der Waals surface area contributed by atoms with E-state index in [9.17, 15) is 18.0 Å². The maximum Gasteiger partial charge on any atom is 0.329 e. The molecule has 37 heavy (non-hydrogen) atoms. The van der Waals surface area contributed by atoms with Crippen LogP contribution in [0.4, 0.5) is 0 Å². The van der Waals surface area contributed by atoms with Crippen molar-refractivity contribution in [2.45, 2.75) is 24.4 Å². The van der Waals surface area contributed by atoms with Gasteiger partial charge < -0.3 is 14.5 Å². The van der Waals surface area contributed by atoms with E-state index in [4.69, 9.17) is 20.8 Å². The number of nitrogens with one attached hydrogen (secondary N) is 2. The summed E-state index contributed by atoms with van der Waals surface area (Å²) < 4.78 is 38.7. The van der Waals surface area contributed by atoms with Crippen molar-refractivity contribution in [3.63, 3.8) is 0 Å². The topological polar surface area (TPSA) is 130 Å². The lowest BCUT2D eigenvalue weighted by Crippen LogP contribution is -2.38. The van der Waals surface area contributed by atoms with Crippen LogP contribution in [0.15, 0.2) is 81.1 Å². The first-order valence-electron chi connectivity index (χ1n) is 11.3. The fourth-order valence-electron chi connectivity index (χ4n) is 3.20. The Morgan fingerprint density at radius 3 is 2.46 bits per heavy atom. The lowest BCUT2D eigenvalue weighted by atomic mass is 10.2. The predicted octanol–water partition coefficient (Wildman–Crippen LogP) is 2.93. The number of nitrogens with zero attached hydrogens (tertiary/aromatic N) is 2. The Kier molecular flexibility index (Phi) is 10.4. The predicted molar refractivity (Wildman–Crippen MR) is 138 cm³/mol. The number of benzene rings is 2. The number of amides is 2. The van der Waals surface area contributed by atoms with Gasteiger partial charge in [-0.2, -0.15) is 9.41 Å². The summed E-state index contributed by atoms with van der Waals surface area (Å²) in [6.07, 6.45) is 1.79. The van der Waals surface area contributed by atoms with Crippen molar-refractivity contribution in [2.75, 3.05) is 20.3 Å². The maximum atomic E-state index is 13.4. The molecule has 2 aromatic carbocycles. The second kappa shape index (κ2) is 13.7. The van der Waals surface area contributed by atoms with E-state index < -0.39 is 21.8 Å². The van der Waals surface area contributed by atoms with Gasteiger partial charge in [-0.15, -0.1) is 0 Å². The van der Waals surface area contributed by atoms with Crippen molar-refractivity contribution in [1.82, 2.24) is 15.0 Å².